The highest BCUT2D eigenvalue weighted by atomic mass is 16.2. The summed E-state index contributed by atoms with van der Waals surface area (Å²) in [6.45, 7) is 0.610. The highest BCUT2D eigenvalue weighted by Crippen LogP contribution is 2.19. The third kappa shape index (κ3) is 2.36. The van der Waals surface area contributed by atoms with Crippen molar-refractivity contribution in [3.63, 3.8) is 0 Å². The molecule has 2 N–H and O–H groups in total. The lowest BCUT2D eigenvalue weighted by Crippen LogP contribution is -2.25. The van der Waals surface area contributed by atoms with Crippen molar-refractivity contribution in [1.29, 1.82) is 0 Å². The van der Waals surface area contributed by atoms with Gasteiger partial charge < -0.3 is 5.32 Å². The lowest BCUT2D eigenvalue weighted by Gasteiger charge is -2.04. The molecule has 0 fully saturated rings. The maximum atomic E-state index is 12.1. The largest absolute Gasteiger partial charge is 0.352 e. The molecular weight excluding hydrogens is 256 g/mol. The van der Waals surface area contributed by atoms with Crippen LogP contribution in [-0.4, -0.2) is 27.0 Å². The van der Waals surface area contributed by atoms with Crippen molar-refractivity contribution in [2.75, 3.05) is 6.54 Å². The van der Waals surface area contributed by atoms with Gasteiger partial charge in [0.15, 0.2) is 5.65 Å². The fourth-order valence-corrected chi connectivity index (χ4v) is 2.48. The van der Waals surface area contributed by atoms with Crippen molar-refractivity contribution in [1.82, 2.24) is 19.9 Å². The van der Waals surface area contributed by atoms with Crippen molar-refractivity contribution in [3.05, 3.63) is 46.0 Å². The van der Waals surface area contributed by atoms with E-state index >= 15 is 0 Å². The molecule has 2 aromatic heterocycles. The molecule has 0 atom stereocenters. The van der Waals surface area contributed by atoms with Crippen molar-refractivity contribution in [2.45, 2.75) is 25.7 Å². The quantitative estimate of drug-likeness (QED) is 0.822. The minimum Gasteiger partial charge on any atom is -0.352 e. The molecule has 0 unspecified atom stereocenters. The van der Waals surface area contributed by atoms with Gasteiger partial charge in [-0.25, -0.2) is 9.50 Å². The van der Waals surface area contributed by atoms with Crippen LogP contribution in [0.1, 0.15) is 36.0 Å². The zero-order valence-corrected chi connectivity index (χ0v) is 11.1. The summed E-state index contributed by atoms with van der Waals surface area (Å²) >= 11 is 0. The van der Waals surface area contributed by atoms with E-state index in [0.29, 0.717) is 17.8 Å². The van der Waals surface area contributed by atoms with E-state index in [1.165, 1.54) is 35.0 Å². The van der Waals surface area contributed by atoms with E-state index in [0.717, 1.165) is 19.3 Å². The number of carbonyl (C=O) groups excluding carboxylic acids is 1. The van der Waals surface area contributed by atoms with Crippen LogP contribution < -0.4 is 10.9 Å². The second-order valence-electron chi connectivity index (χ2n) is 4.89. The van der Waals surface area contributed by atoms with Crippen LogP contribution in [0.2, 0.25) is 0 Å². The third-order valence-corrected chi connectivity index (χ3v) is 3.54. The van der Waals surface area contributed by atoms with Gasteiger partial charge in [0.2, 0.25) is 0 Å². The second-order valence-corrected chi connectivity index (χ2v) is 4.89. The topological polar surface area (TPSA) is 79.3 Å². The third-order valence-electron chi connectivity index (χ3n) is 3.54. The van der Waals surface area contributed by atoms with Crippen LogP contribution in [-0.2, 0) is 0 Å². The van der Waals surface area contributed by atoms with E-state index in [9.17, 15) is 9.59 Å². The molecule has 2 heterocycles. The first-order valence-corrected chi connectivity index (χ1v) is 6.77. The predicted octanol–water partition coefficient (Wildman–Crippen LogP) is 1.25. The van der Waals surface area contributed by atoms with Crippen LogP contribution in [0, 0.1) is 0 Å². The molecule has 1 aliphatic rings. The van der Waals surface area contributed by atoms with Gasteiger partial charge in [-0.3, -0.25) is 14.7 Å². The van der Waals surface area contributed by atoms with Gasteiger partial charge in [-0.15, -0.1) is 0 Å². The average Bonchev–Trinajstić information content (AvgIpc) is 3.08. The first-order chi connectivity index (χ1) is 9.75. The number of nitrogens with zero attached hydrogens (tertiary/aromatic N) is 2. The molecule has 0 saturated heterocycles. The van der Waals surface area contributed by atoms with Gasteiger partial charge in [0.05, 0.1) is 0 Å². The van der Waals surface area contributed by atoms with E-state index < -0.39 is 0 Å². The molecule has 6 nitrogen and oxygen atoms in total. The molecule has 6 heteroatoms. The molecule has 2 aromatic rings. The van der Waals surface area contributed by atoms with Gasteiger partial charge in [-0.1, -0.05) is 11.6 Å². The maximum Gasteiger partial charge on any atom is 0.272 e. The summed E-state index contributed by atoms with van der Waals surface area (Å²) in [6, 6.07) is 1.34. The van der Waals surface area contributed by atoms with Gasteiger partial charge in [0, 0.05) is 25.0 Å². The zero-order valence-electron chi connectivity index (χ0n) is 11.1. The van der Waals surface area contributed by atoms with Gasteiger partial charge in [0.1, 0.15) is 5.56 Å². The molecule has 0 radical (unpaired) electrons. The summed E-state index contributed by atoms with van der Waals surface area (Å²) in [6.07, 6.45) is 9.57. The van der Waals surface area contributed by atoms with Crippen molar-refractivity contribution >= 4 is 11.6 Å². The smallest absolute Gasteiger partial charge is 0.272 e. The molecule has 104 valence electrons. The number of carbonyl (C=O) groups is 1. The van der Waals surface area contributed by atoms with Crippen LogP contribution in [0.15, 0.2) is 34.9 Å². The molecule has 0 spiro atoms. The summed E-state index contributed by atoms with van der Waals surface area (Å²) in [5, 5.41) is 5.61. The van der Waals surface area contributed by atoms with Gasteiger partial charge >= 0.3 is 0 Å². The lowest BCUT2D eigenvalue weighted by molar-refractivity contribution is 0.0955. The highest BCUT2D eigenvalue weighted by Gasteiger charge is 2.14. The van der Waals surface area contributed by atoms with Crippen molar-refractivity contribution in [3.8, 4) is 0 Å². The van der Waals surface area contributed by atoms with Gasteiger partial charge in [-0.05, 0) is 25.7 Å². The Morgan fingerprint density at radius 2 is 2.40 bits per heavy atom. The van der Waals surface area contributed by atoms with E-state index in [2.05, 4.69) is 21.5 Å². The van der Waals surface area contributed by atoms with Crippen molar-refractivity contribution < 1.29 is 4.79 Å². The van der Waals surface area contributed by atoms with E-state index in [1.807, 2.05) is 0 Å². The number of H-pyrrole nitrogens is 1. The number of aromatic amines is 1. The average molecular weight is 272 g/mol. The Hall–Kier alpha value is -2.37. The Bertz CT molecular complexity index is 726. The molecule has 1 amide bonds. The summed E-state index contributed by atoms with van der Waals surface area (Å²) < 4.78 is 1.26. The molecule has 0 aromatic carbocycles. The van der Waals surface area contributed by atoms with E-state index in [1.54, 1.807) is 0 Å². The monoisotopic (exact) mass is 272 g/mol. The number of hydrogen-bond donors (Lipinski definition) is 2. The Kier molecular flexibility index (Phi) is 3.37. The number of nitrogens with one attached hydrogen (secondary N) is 2. The predicted molar refractivity (Wildman–Crippen MR) is 74.7 cm³/mol. The Morgan fingerprint density at radius 3 is 3.20 bits per heavy atom. The van der Waals surface area contributed by atoms with Crippen molar-refractivity contribution in [2.24, 2.45) is 0 Å². The normalized spacial score (nSPS) is 14.5. The van der Waals surface area contributed by atoms with Gasteiger partial charge in [0.25, 0.3) is 11.5 Å². The maximum absolute atomic E-state index is 12.1. The van der Waals surface area contributed by atoms with Crippen LogP contribution in [0.25, 0.3) is 5.65 Å². The minimum absolute atomic E-state index is 0.208. The number of rotatable bonds is 4. The van der Waals surface area contributed by atoms with Crippen LogP contribution in [0.4, 0.5) is 0 Å². The van der Waals surface area contributed by atoms with Crippen LogP contribution in [0.3, 0.4) is 0 Å². The standard InChI is InChI=1S/C14H16N4O2/c19-12-6-8-15-13-11(9-17-18(12)13)14(20)16-7-5-10-3-1-2-4-10/h3,6,8-9,17H,1-2,4-5,7H2,(H,16,20). The minimum atomic E-state index is -0.231. The van der Waals surface area contributed by atoms with Crippen LogP contribution in [0.5, 0.6) is 0 Å². The number of aromatic nitrogens is 3. The molecule has 0 aliphatic heterocycles. The fourth-order valence-electron chi connectivity index (χ4n) is 2.48. The SMILES string of the molecule is O=C(NCCC1=CCCC1)c1c[nH]n2c(=O)ccnc12. The first kappa shape index (κ1) is 12.7. The number of amides is 1. The first-order valence-electron chi connectivity index (χ1n) is 6.77. The number of hydrogen-bond acceptors (Lipinski definition) is 3. The van der Waals surface area contributed by atoms with E-state index in [-0.39, 0.29) is 11.5 Å². The summed E-state index contributed by atoms with van der Waals surface area (Å²) in [4.78, 5) is 27.7. The molecule has 0 saturated carbocycles. The number of allylic oxidation sites excluding steroid dienone is 1. The fraction of sp³-hybridized carbons (Fsp3) is 0.357. The zero-order chi connectivity index (χ0) is 13.9. The molecule has 20 heavy (non-hydrogen) atoms. The molecular formula is C14H16N4O2. The summed E-state index contributed by atoms with van der Waals surface area (Å²) in [5.41, 5.74) is 1.93. The Labute approximate surface area is 115 Å². The highest BCUT2D eigenvalue weighted by molar-refractivity contribution is 5.99. The lowest BCUT2D eigenvalue weighted by atomic mass is 10.1. The second kappa shape index (κ2) is 5.32. The molecule has 1 aliphatic carbocycles. The van der Waals surface area contributed by atoms with Gasteiger partial charge in [-0.2, -0.15) is 0 Å². The Balaban J connectivity index is 1.69. The molecule has 0 bridgehead atoms. The van der Waals surface area contributed by atoms with Crippen LogP contribution >= 0.6 is 0 Å². The summed E-state index contributed by atoms with van der Waals surface area (Å²) in [7, 11) is 0. The Morgan fingerprint density at radius 1 is 1.50 bits per heavy atom. The summed E-state index contributed by atoms with van der Waals surface area (Å²) in [5.74, 6) is -0.208. The molecule has 3 rings (SSSR count). The number of fused-ring (bicyclic) bond motifs is 1. The van der Waals surface area contributed by atoms with E-state index in [4.69, 9.17) is 0 Å².